The first kappa shape index (κ1) is 12.8. The fraction of sp³-hybridized carbons (Fsp3) is 0.200. The van der Waals surface area contributed by atoms with Crippen LogP contribution >= 0.6 is 11.8 Å². The van der Waals surface area contributed by atoms with Crippen LogP contribution in [0.15, 0.2) is 53.4 Å². The van der Waals surface area contributed by atoms with Gasteiger partial charge in [0.05, 0.1) is 7.11 Å². The monoisotopic (exact) mass is 260 g/mol. The van der Waals surface area contributed by atoms with Gasteiger partial charge >= 0.3 is 0 Å². The normalized spacial score (nSPS) is 10.1. The Morgan fingerprint density at radius 1 is 1.00 bits per heavy atom. The standard InChI is InChI=1S/C15H16O2S/c1-12-7-6-10-14(16-2)15(12)17-11-18-13-8-4-3-5-9-13/h3-10H,11H2,1-2H3. The molecule has 0 heterocycles. The Balaban J connectivity index is 1.98. The van der Waals surface area contributed by atoms with Crippen LogP contribution in [0.2, 0.25) is 0 Å². The summed E-state index contributed by atoms with van der Waals surface area (Å²) in [5.41, 5.74) is 1.09. The second kappa shape index (κ2) is 6.36. The molecule has 3 heteroatoms. The largest absolute Gasteiger partial charge is 0.493 e. The molecule has 2 aromatic carbocycles. The van der Waals surface area contributed by atoms with Gasteiger partial charge in [0.15, 0.2) is 11.5 Å². The van der Waals surface area contributed by atoms with Gasteiger partial charge in [0.1, 0.15) is 5.94 Å². The van der Waals surface area contributed by atoms with Gasteiger partial charge in [-0.3, -0.25) is 0 Å². The van der Waals surface area contributed by atoms with Crippen LogP contribution in [0.1, 0.15) is 5.56 Å². The van der Waals surface area contributed by atoms with Crippen molar-refractivity contribution in [3.05, 3.63) is 54.1 Å². The van der Waals surface area contributed by atoms with Gasteiger partial charge in [-0.15, -0.1) is 0 Å². The van der Waals surface area contributed by atoms with E-state index in [0.29, 0.717) is 5.94 Å². The van der Waals surface area contributed by atoms with Crippen LogP contribution in [0.3, 0.4) is 0 Å². The average molecular weight is 260 g/mol. The predicted molar refractivity (Wildman–Crippen MR) is 75.5 cm³/mol. The Labute approximate surface area is 112 Å². The van der Waals surface area contributed by atoms with Crippen molar-refractivity contribution in [2.24, 2.45) is 0 Å². The lowest BCUT2D eigenvalue weighted by atomic mass is 10.2. The highest BCUT2D eigenvalue weighted by Crippen LogP contribution is 2.31. The molecule has 0 radical (unpaired) electrons. The highest BCUT2D eigenvalue weighted by Gasteiger charge is 2.06. The molecule has 0 aliphatic rings. The Morgan fingerprint density at radius 2 is 1.78 bits per heavy atom. The molecule has 0 aromatic heterocycles. The molecule has 0 atom stereocenters. The van der Waals surface area contributed by atoms with E-state index in [1.807, 2.05) is 43.3 Å². The second-order valence-electron chi connectivity index (χ2n) is 3.83. The predicted octanol–water partition coefficient (Wildman–Crippen LogP) is 4.13. The fourth-order valence-electron chi connectivity index (χ4n) is 1.64. The molecule has 0 fully saturated rings. The van der Waals surface area contributed by atoms with Crippen LogP contribution in [-0.2, 0) is 0 Å². The van der Waals surface area contributed by atoms with Crippen molar-refractivity contribution < 1.29 is 9.47 Å². The van der Waals surface area contributed by atoms with Crippen molar-refractivity contribution in [3.8, 4) is 11.5 Å². The molecule has 0 unspecified atom stereocenters. The summed E-state index contributed by atoms with van der Waals surface area (Å²) in [7, 11) is 1.66. The number of benzene rings is 2. The molecule has 0 aliphatic carbocycles. The maximum absolute atomic E-state index is 5.80. The van der Waals surface area contributed by atoms with Crippen LogP contribution in [0.5, 0.6) is 11.5 Å². The van der Waals surface area contributed by atoms with Crippen molar-refractivity contribution in [1.29, 1.82) is 0 Å². The zero-order valence-corrected chi connectivity index (χ0v) is 11.4. The van der Waals surface area contributed by atoms with Crippen molar-refractivity contribution in [1.82, 2.24) is 0 Å². The molecule has 0 amide bonds. The summed E-state index contributed by atoms with van der Waals surface area (Å²) >= 11 is 1.67. The summed E-state index contributed by atoms with van der Waals surface area (Å²) < 4.78 is 11.1. The molecule has 0 aliphatic heterocycles. The van der Waals surface area contributed by atoms with Gasteiger partial charge < -0.3 is 9.47 Å². The second-order valence-corrected chi connectivity index (χ2v) is 4.82. The number of aryl methyl sites for hydroxylation is 1. The Morgan fingerprint density at radius 3 is 2.50 bits per heavy atom. The molecule has 2 aromatic rings. The molecule has 2 nitrogen and oxygen atoms in total. The lowest BCUT2D eigenvalue weighted by Crippen LogP contribution is -1.97. The van der Waals surface area contributed by atoms with E-state index in [1.54, 1.807) is 18.9 Å². The molecule has 0 bridgehead atoms. The van der Waals surface area contributed by atoms with Crippen LogP contribution in [0, 0.1) is 6.92 Å². The van der Waals surface area contributed by atoms with Gasteiger partial charge in [0, 0.05) is 4.90 Å². The van der Waals surface area contributed by atoms with E-state index in [2.05, 4.69) is 12.1 Å². The minimum Gasteiger partial charge on any atom is -0.493 e. The first-order chi connectivity index (χ1) is 8.81. The number of methoxy groups -OCH3 is 1. The summed E-state index contributed by atoms with van der Waals surface area (Å²) in [4.78, 5) is 1.20. The first-order valence-corrected chi connectivity index (χ1v) is 6.74. The number of rotatable bonds is 5. The lowest BCUT2D eigenvalue weighted by molar-refractivity contribution is 0.342. The minimum atomic E-state index is 0.575. The SMILES string of the molecule is COc1cccc(C)c1OCSc1ccccc1. The number of hydrogen-bond acceptors (Lipinski definition) is 3. The number of hydrogen-bond donors (Lipinski definition) is 0. The van der Waals surface area contributed by atoms with E-state index in [-0.39, 0.29) is 0 Å². The minimum absolute atomic E-state index is 0.575. The zero-order valence-electron chi connectivity index (χ0n) is 10.6. The summed E-state index contributed by atoms with van der Waals surface area (Å²) in [6.07, 6.45) is 0. The van der Waals surface area contributed by atoms with Crippen LogP contribution < -0.4 is 9.47 Å². The summed E-state index contributed by atoms with van der Waals surface area (Å²) in [6.45, 7) is 2.02. The highest BCUT2D eigenvalue weighted by molar-refractivity contribution is 7.99. The average Bonchev–Trinajstić information content (AvgIpc) is 2.41. The van der Waals surface area contributed by atoms with Crippen LogP contribution in [-0.4, -0.2) is 13.0 Å². The van der Waals surface area contributed by atoms with E-state index in [4.69, 9.17) is 9.47 Å². The molecule has 0 N–H and O–H groups in total. The molecule has 94 valence electrons. The van der Waals surface area contributed by atoms with E-state index in [0.717, 1.165) is 17.1 Å². The van der Waals surface area contributed by atoms with Gasteiger partial charge in [0.25, 0.3) is 0 Å². The van der Waals surface area contributed by atoms with E-state index in [9.17, 15) is 0 Å². The summed E-state index contributed by atoms with van der Waals surface area (Å²) in [5.74, 6) is 2.18. The van der Waals surface area contributed by atoms with Crippen molar-refractivity contribution in [2.75, 3.05) is 13.0 Å². The quantitative estimate of drug-likeness (QED) is 0.595. The highest BCUT2D eigenvalue weighted by atomic mass is 32.2. The molecular weight excluding hydrogens is 244 g/mol. The van der Waals surface area contributed by atoms with Crippen molar-refractivity contribution >= 4 is 11.8 Å². The zero-order chi connectivity index (χ0) is 12.8. The molecule has 2 rings (SSSR count). The summed E-state index contributed by atoms with van der Waals surface area (Å²) in [6, 6.07) is 16.1. The third kappa shape index (κ3) is 3.20. The number of ether oxygens (including phenoxy) is 2. The first-order valence-electron chi connectivity index (χ1n) is 5.75. The van der Waals surface area contributed by atoms with Gasteiger partial charge in [-0.25, -0.2) is 0 Å². The lowest BCUT2D eigenvalue weighted by Gasteiger charge is -2.12. The Hall–Kier alpha value is -1.61. The van der Waals surface area contributed by atoms with Crippen LogP contribution in [0.25, 0.3) is 0 Å². The molecular formula is C15H16O2S. The smallest absolute Gasteiger partial charge is 0.165 e. The van der Waals surface area contributed by atoms with Gasteiger partial charge in [-0.05, 0) is 30.7 Å². The Kier molecular flexibility index (Phi) is 4.53. The molecule has 0 saturated carbocycles. The fourth-order valence-corrected chi connectivity index (χ4v) is 2.31. The third-order valence-corrected chi connectivity index (χ3v) is 3.41. The van der Waals surface area contributed by atoms with Gasteiger partial charge in [-0.1, -0.05) is 42.1 Å². The molecule has 0 spiro atoms. The number of thioether (sulfide) groups is 1. The van der Waals surface area contributed by atoms with Crippen molar-refractivity contribution in [2.45, 2.75) is 11.8 Å². The van der Waals surface area contributed by atoms with Crippen molar-refractivity contribution in [3.63, 3.8) is 0 Å². The van der Waals surface area contributed by atoms with Crippen LogP contribution in [0.4, 0.5) is 0 Å². The van der Waals surface area contributed by atoms with Gasteiger partial charge in [0.2, 0.25) is 0 Å². The maximum Gasteiger partial charge on any atom is 0.165 e. The van der Waals surface area contributed by atoms with Gasteiger partial charge in [-0.2, -0.15) is 0 Å². The van der Waals surface area contributed by atoms with E-state index < -0.39 is 0 Å². The molecule has 18 heavy (non-hydrogen) atoms. The third-order valence-electron chi connectivity index (χ3n) is 2.57. The summed E-state index contributed by atoms with van der Waals surface area (Å²) in [5, 5.41) is 0. The molecule has 0 saturated heterocycles. The topological polar surface area (TPSA) is 18.5 Å². The number of para-hydroxylation sites is 1. The maximum atomic E-state index is 5.80. The van der Waals surface area contributed by atoms with E-state index >= 15 is 0 Å². The van der Waals surface area contributed by atoms with E-state index in [1.165, 1.54) is 4.90 Å². The Bertz CT molecular complexity index is 497.